The molecule has 0 unspecified atom stereocenters. The van der Waals surface area contributed by atoms with Crippen molar-refractivity contribution in [2.45, 2.75) is 19.3 Å². The first kappa shape index (κ1) is 7.32. The van der Waals surface area contributed by atoms with Crippen LogP contribution in [0.25, 0.3) is 0 Å². The Kier molecular flexibility index (Phi) is 1.74. The van der Waals surface area contributed by atoms with Gasteiger partial charge < -0.3 is 0 Å². The van der Waals surface area contributed by atoms with Gasteiger partial charge >= 0.3 is 0 Å². The number of fused-ring (bicyclic) bond motifs is 1. The minimum absolute atomic E-state index is 0.267. The lowest BCUT2D eigenvalue weighted by molar-refractivity contribution is 0.0977. The minimum Gasteiger partial charge on any atom is -0.293 e. The summed E-state index contributed by atoms with van der Waals surface area (Å²) in [6.45, 7) is 0. The van der Waals surface area contributed by atoms with E-state index in [1.807, 2.05) is 5.38 Å². The highest BCUT2D eigenvalue weighted by molar-refractivity contribution is 7.12. The van der Waals surface area contributed by atoms with Gasteiger partial charge in [-0.3, -0.25) is 4.79 Å². The molecule has 1 aromatic heterocycles. The molecular weight excluding hydrogens is 180 g/mol. The maximum absolute atomic E-state index is 11.3. The first-order valence-corrected chi connectivity index (χ1v) is 4.84. The molecule has 1 heterocycles. The fraction of sp³-hybridized carbons (Fsp3) is 0.375. The number of Topliss-reactive ketones (excluding diaryl/α,β-unsaturated/α-hetero) is 1. The van der Waals surface area contributed by atoms with Crippen molar-refractivity contribution in [1.29, 1.82) is 0 Å². The van der Waals surface area contributed by atoms with Crippen molar-refractivity contribution in [3.05, 3.63) is 20.8 Å². The van der Waals surface area contributed by atoms with Crippen LogP contribution >= 0.6 is 22.9 Å². The quantitative estimate of drug-likeness (QED) is 0.609. The number of carbonyl (C=O) groups excluding carboxylic acids is 1. The normalized spacial score (nSPS) is 16.6. The molecule has 0 spiro atoms. The summed E-state index contributed by atoms with van der Waals surface area (Å²) in [7, 11) is 0. The Balaban J connectivity index is 2.55. The molecule has 2 rings (SSSR count). The Labute approximate surface area is 74.0 Å². The van der Waals surface area contributed by atoms with Gasteiger partial charge in [-0.25, -0.2) is 0 Å². The Morgan fingerprint density at radius 3 is 3.00 bits per heavy atom. The van der Waals surface area contributed by atoms with Crippen LogP contribution in [0, 0.1) is 0 Å². The standard InChI is InChI=1S/C8H7ClOS/c9-6-4-11-8-5(6)2-1-3-7(8)10/h4H,1-3H2. The number of thiophene rings is 1. The van der Waals surface area contributed by atoms with Crippen molar-refractivity contribution < 1.29 is 4.79 Å². The molecule has 1 aliphatic carbocycles. The van der Waals surface area contributed by atoms with E-state index in [-0.39, 0.29) is 5.78 Å². The van der Waals surface area contributed by atoms with Crippen LogP contribution in [0.2, 0.25) is 5.02 Å². The van der Waals surface area contributed by atoms with E-state index in [0.29, 0.717) is 6.42 Å². The monoisotopic (exact) mass is 186 g/mol. The molecule has 0 fully saturated rings. The molecule has 11 heavy (non-hydrogen) atoms. The van der Waals surface area contributed by atoms with Gasteiger partial charge in [0.1, 0.15) is 0 Å². The van der Waals surface area contributed by atoms with Crippen molar-refractivity contribution in [2.75, 3.05) is 0 Å². The maximum atomic E-state index is 11.3. The number of halogens is 1. The largest absolute Gasteiger partial charge is 0.293 e. The molecule has 3 heteroatoms. The Bertz CT molecular complexity index is 303. The second-order valence-corrected chi connectivity index (χ2v) is 3.95. The third-order valence-corrected chi connectivity index (χ3v) is 3.46. The molecule has 0 atom stereocenters. The zero-order chi connectivity index (χ0) is 7.84. The summed E-state index contributed by atoms with van der Waals surface area (Å²) in [5.74, 6) is 0.267. The lowest BCUT2D eigenvalue weighted by atomic mass is 9.98. The van der Waals surface area contributed by atoms with E-state index in [4.69, 9.17) is 11.6 Å². The third kappa shape index (κ3) is 1.10. The van der Waals surface area contributed by atoms with E-state index in [1.54, 1.807) is 0 Å². The molecule has 1 aromatic rings. The maximum Gasteiger partial charge on any atom is 0.173 e. The first-order chi connectivity index (χ1) is 5.29. The van der Waals surface area contributed by atoms with Crippen LogP contribution < -0.4 is 0 Å². The fourth-order valence-corrected chi connectivity index (χ4v) is 2.70. The lowest BCUT2D eigenvalue weighted by Gasteiger charge is -2.08. The van der Waals surface area contributed by atoms with Crippen LogP contribution in [0.1, 0.15) is 28.1 Å². The van der Waals surface area contributed by atoms with Crippen LogP contribution in [0.4, 0.5) is 0 Å². The molecule has 0 bridgehead atoms. The van der Waals surface area contributed by atoms with Crippen molar-refractivity contribution in [3.63, 3.8) is 0 Å². The summed E-state index contributed by atoms with van der Waals surface area (Å²) in [4.78, 5) is 12.1. The predicted molar refractivity (Wildman–Crippen MR) is 46.6 cm³/mol. The number of rotatable bonds is 0. The molecule has 58 valence electrons. The molecule has 0 saturated carbocycles. The summed E-state index contributed by atoms with van der Waals surface area (Å²) in [5.41, 5.74) is 1.08. The van der Waals surface area contributed by atoms with Gasteiger partial charge in [-0.05, 0) is 18.4 Å². The van der Waals surface area contributed by atoms with Gasteiger partial charge in [-0.2, -0.15) is 0 Å². The van der Waals surface area contributed by atoms with Crippen molar-refractivity contribution in [3.8, 4) is 0 Å². The highest BCUT2D eigenvalue weighted by Gasteiger charge is 2.20. The molecule has 0 saturated heterocycles. The van der Waals surface area contributed by atoms with Gasteiger partial charge in [0.15, 0.2) is 5.78 Å². The highest BCUT2D eigenvalue weighted by Crippen LogP contribution is 2.32. The third-order valence-electron chi connectivity index (χ3n) is 1.93. The summed E-state index contributed by atoms with van der Waals surface area (Å²) in [6, 6.07) is 0. The number of carbonyl (C=O) groups is 1. The number of hydrogen-bond donors (Lipinski definition) is 0. The fourth-order valence-electron chi connectivity index (χ4n) is 1.37. The van der Waals surface area contributed by atoms with Crippen LogP contribution in [-0.4, -0.2) is 5.78 Å². The molecule has 1 nitrogen and oxygen atoms in total. The summed E-state index contributed by atoms with van der Waals surface area (Å²) < 4.78 is 0. The summed E-state index contributed by atoms with van der Waals surface area (Å²) in [6.07, 6.45) is 2.63. The average Bonchev–Trinajstić information content (AvgIpc) is 2.35. The van der Waals surface area contributed by atoms with Gasteiger partial charge in [0.2, 0.25) is 0 Å². The summed E-state index contributed by atoms with van der Waals surface area (Å²) in [5, 5.41) is 2.63. The molecule has 1 aliphatic rings. The second kappa shape index (κ2) is 2.61. The van der Waals surface area contributed by atoms with Gasteiger partial charge in [-0.15, -0.1) is 11.3 Å². The van der Waals surface area contributed by atoms with Gasteiger partial charge in [0.25, 0.3) is 0 Å². The number of hydrogen-bond acceptors (Lipinski definition) is 2. The van der Waals surface area contributed by atoms with E-state index in [1.165, 1.54) is 11.3 Å². The number of ketones is 1. The Morgan fingerprint density at radius 2 is 2.27 bits per heavy atom. The van der Waals surface area contributed by atoms with Crippen molar-refractivity contribution in [1.82, 2.24) is 0 Å². The second-order valence-electron chi connectivity index (χ2n) is 2.67. The van der Waals surface area contributed by atoms with E-state index >= 15 is 0 Å². The van der Waals surface area contributed by atoms with Crippen LogP contribution in [-0.2, 0) is 6.42 Å². The smallest absolute Gasteiger partial charge is 0.173 e. The zero-order valence-electron chi connectivity index (χ0n) is 5.89. The molecular formula is C8H7ClOS. The molecule has 0 aliphatic heterocycles. The molecule has 0 aromatic carbocycles. The van der Waals surface area contributed by atoms with E-state index in [0.717, 1.165) is 28.3 Å². The van der Waals surface area contributed by atoms with Gasteiger partial charge in [0.05, 0.1) is 9.90 Å². The summed E-state index contributed by atoms with van der Waals surface area (Å²) >= 11 is 7.36. The van der Waals surface area contributed by atoms with Gasteiger partial charge in [-0.1, -0.05) is 11.6 Å². The molecule has 0 amide bonds. The van der Waals surface area contributed by atoms with Crippen molar-refractivity contribution >= 4 is 28.7 Å². The Hall–Kier alpha value is -0.340. The molecule has 0 N–H and O–H groups in total. The SMILES string of the molecule is O=C1CCCc2c(Cl)csc21. The predicted octanol–water partition coefficient (Wildman–Crippen LogP) is 2.92. The minimum atomic E-state index is 0.267. The first-order valence-electron chi connectivity index (χ1n) is 3.58. The van der Waals surface area contributed by atoms with Crippen LogP contribution in [0.5, 0.6) is 0 Å². The van der Waals surface area contributed by atoms with Crippen LogP contribution in [0.15, 0.2) is 5.38 Å². The lowest BCUT2D eigenvalue weighted by Crippen LogP contribution is -2.06. The van der Waals surface area contributed by atoms with E-state index in [9.17, 15) is 4.79 Å². The molecule has 0 radical (unpaired) electrons. The zero-order valence-corrected chi connectivity index (χ0v) is 7.47. The highest BCUT2D eigenvalue weighted by atomic mass is 35.5. The van der Waals surface area contributed by atoms with Crippen LogP contribution in [0.3, 0.4) is 0 Å². The van der Waals surface area contributed by atoms with Crippen molar-refractivity contribution in [2.24, 2.45) is 0 Å². The Morgan fingerprint density at radius 1 is 1.45 bits per heavy atom. The van der Waals surface area contributed by atoms with E-state index in [2.05, 4.69) is 0 Å². The average molecular weight is 187 g/mol. The topological polar surface area (TPSA) is 17.1 Å². The van der Waals surface area contributed by atoms with E-state index < -0.39 is 0 Å². The van der Waals surface area contributed by atoms with Gasteiger partial charge in [0, 0.05) is 11.8 Å².